The lowest BCUT2D eigenvalue weighted by Crippen LogP contribution is -2.42. The number of rotatable bonds is 4. The Balaban J connectivity index is 1.61. The summed E-state index contributed by atoms with van der Waals surface area (Å²) >= 11 is 1.25. The molecule has 1 aliphatic carbocycles. The van der Waals surface area contributed by atoms with Gasteiger partial charge in [-0.2, -0.15) is 0 Å². The molecule has 0 aliphatic heterocycles. The minimum absolute atomic E-state index is 0.141. The lowest BCUT2D eigenvalue weighted by Gasteiger charge is -2.38. The third-order valence-electron chi connectivity index (χ3n) is 6.07. The highest BCUT2D eigenvalue weighted by Crippen LogP contribution is 2.39. The molecule has 0 spiro atoms. The Labute approximate surface area is 172 Å². The van der Waals surface area contributed by atoms with E-state index in [1.54, 1.807) is 14.0 Å². The van der Waals surface area contributed by atoms with E-state index in [1.165, 1.54) is 40.8 Å². The van der Waals surface area contributed by atoms with E-state index in [9.17, 15) is 14.0 Å². The van der Waals surface area contributed by atoms with Gasteiger partial charge in [0.2, 0.25) is 0 Å². The number of thiophene rings is 1. The molecule has 0 bridgehead atoms. The van der Waals surface area contributed by atoms with E-state index in [0.717, 1.165) is 31.2 Å². The number of benzene rings is 1. The van der Waals surface area contributed by atoms with Crippen molar-refractivity contribution < 1.29 is 9.18 Å². The van der Waals surface area contributed by atoms with Gasteiger partial charge in [-0.1, -0.05) is 31.4 Å². The summed E-state index contributed by atoms with van der Waals surface area (Å²) in [5.41, 5.74) is 1.43. The smallest absolute Gasteiger partial charge is 0.262 e. The number of aromatic nitrogens is 2. The number of aryl methyl sites for hydroxylation is 2. The third-order valence-corrected chi connectivity index (χ3v) is 7.27. The van der Waals surface area contributed by atoms with Crippen LogP contribution in [0.1, 0.15) is 52.9 Å². The maximum atomic E-state index is 13.4. The lowest BCUT2D eigenvalue weighted by atomic mass is 9.69. The topological polar surface area (TPSA) is 64.0 Å². The Morgan fingerprint density at radius 3 is 2.62 bits per heavy atom. The minimum atomic E-state index is -0.251. The molecule has 5 nitrogen and oxygen atoms in total. The summed E-state index contributed by atoms with van der Waals surface area (Å²) in [5.74, 6) is -0.432. The van der Waals surface area contributed by atoms with Crippen molar-refractivity contribution in [2.24, 2.45) is 7.05 Å². The maximum Gasteiger partial charge on any atom is 0.262 e. The first-order chi connectivity index (χ1) is 13.9. The molecule has 1 aromatic carbocycles. The average Bonchev–Trinajstić information content (AvgIpc) is 3.07. The van der Waals surface area contributed by atoms with E-state index in [1.807, 2.05) is 12.1 Å². The molecule has 0 atom stereocenters. The second-order valence-corrected chi connectivity index (χ2v) is 8.93. The van der Waals surface area contributed by atoms with Crippen molar-refractivity contribution in [1.29, 1.82) is 0 Å². The normalized spacial score (nSPS) is 16.1. The first kappa shape index (κ1) is 19.8. The SMILES string of the molecule is Cc1c(C(=O)NCC2(c3ccc(F)cc3)CCCCC2)sc2ncn(C)c(=O)c12. The molecule has 4 rings (SSSR count). The lowest BCUT2D eigenvalue weighted by molar-refractivity contribution is 0.0940. The summed E-state index contributed by atoms with van der Waals surface area (Å²) in [7, 11) is 1.65. The molecule has 152 valence electrons. The summed E-state index contributed by atoms with van der Waals surface area (Å²) in [4.78, 5) is 30.8. The predicted octanol–water partition coefficient (Wildman–Crippen LogP) is 4.07. The van der Waals surface area contributed by atoms with Crippen molar-refractivity contribution in [2.45, 2.75) is 44.4 Å². The molecule has 1 fully saturated rings. The van der Waals surface area contributed by atoms with Crippen molar-refractivity contribution in [2.75, 3.05) is 6.54 Å². The highest BCUT2D eigenvalue weighted by Gasteiger charge is 2.34. The Hall–Kier alpha value is -2.54. The first-order valence-electron chi connectivity index (χ1n) is 9.90. The number of hydrogen-bond acceptors (Lipinski definition) is 4. The summed E-state index contributed by atoms with van der Waals surface area (Å²) in [6.45, 7) is 2.30. The maximum absolute atomic E-state index is 13.4. The first-order valence-corrected chi connectivity index (χ1v) is 10.7. The van der Waals surface area contributed by atoms with Gasteiger partial charge in [0.1, 0.15) is 10.6 Å². The van der Waals surface area contributed by atoms with Crippen molar-refractivity contribution >= 4 is 27.5 Å². The summed E-state index contributed by atoms with van der Waals surface area (Å²) in [5, 5.41) is 3.61. The van der Waals surface area contributed by atoms with Gasteiger partial charge in [0.05, 0.1) is 16.6 Å². The second-order valence-electron chi connectivity index (χ2n) is 7.93. The molecule has 2 heterocycles. The zero-order valence-electron chi connectivity index (χ0n) is 16.6. The quantitative estimate of drug-likeness (QED) is 0.701. The van der Waals surface area contributed by atoms with Crippen LogP contribution in [0.4, 0.5) is 4.39 Å². The molecule has 0 radical (unpaired) electrons. The number of nitrogens with one attached hydrogen (secondary N) is 1. The molecule has 1 N–H and O–H groups in total. The van der Waals surface area contributed by atoms with Crippen molar-refractivity contribution in [1.82, 2.24) is 14.9 Å². The van der Waals surface area contributed by atoms with Gasteiger partial charge in [-0.15, -0.1) is 11.3 Å². The molecular formula is C22H24FN3O2S. The number of hydrogen-bond donors (Lipinski definition) is 1. The van der Waals surface area contributed by atoms with Crippen molar-refractivity contribution in [3.8, 4) is 0 Å². The molecule has 7 heteroatoms. The molecule has 1 aliphatic rings. The molecule has 29 heavy (non-hydrogen) atoms. The van der Waals surface area contributed by atoms with Gasteiger partial charge < -0.3 is 9.88 Å². The molecular weight excluding hydrogens is 389 g/mol. The van der Waals surface area contributed by atoms with E-state index in [4.69, 9.17) is 0 Å². The van der Waals surface area contributed by atoms with Gasteiger partial charge >= 0.3 is 0 Å². The molecule has 3 aromatic rings. The van der Waals surface area contributed by atoms with Gasteiger partial charge in [0, 0.05) is 19.0 Å². The van der Waals surface area contributed by atoms with Gasteiger partial charge in [-0.25, -0.2) is 9.37 Å². The number of halogens is 1. The van der Waals surface area contributed by atoms with Crippen LogP contribution in [0.2, 0.25) is 0 Å². The van der Waals surface area contributed by atoms with Crippen LogP contribution in [-0.4, -0.2) is 22.0 Å². The fourth-order valence-corrected chi connectivity index (χ4v) is 5.41. The average molecular weight is 414 g/mol. The Morgan fingerprint density at radius 2 is 1.93 bits per heavy atom. The van der Waals surface area contributed by atoms with Crippen LogP contribution in [0, 0.1) is 12.7 Å². The molecule has 0 saturated heterocycles. The fourth-order valence-electron chi connectivity index (χ4n) is 4.35. The van der Waals surface area contributed by atoms with Crippen LogP contribution in [0.3, 0.4) is 0 Å². The van der Waals surface area contributed by atoms with E-state index in [-0.39, 0.29) is 22.7 Å². The second kappa shape index (κ2) is 7.71. The van der Waals surface area contributed by atoms with Crippen LogP contribution >= 0.6 is 11.3 Å². The van der Waals surface area contributed by atoms with Crippen LogP contribution in [0.25, 0.3) is 10.2 Å². The van der Waals surface area contributed by atoms with Crippen LogP contribution < -0.4 is 10.9 Å². The Bertz CT molecular complexity index is 1110. The number of fused-ring (bicyclic) bond motifs is 1. The number of carbonyl (C=O) groups is 1. The standard InChI is InChI=1S/C22H24FN3O2S/c1-14-17-20(25-13-26(2)21(17)28)29-18(14)19(27)24-12-22(10-4-3-5-11-22)15-6-8-16(23)9-7-15/h6-9,13H,3-5,10-12H2,1-2H3,(H,24,27). The number of amides is 1. The van der Waals surface area contributed by atoms with Gasteiger partial charge in [-0.05, 0) is 43.0 Å². The zero-order chi connectivity index (χ0) is 20.6. The van der Waals surface area contributed by atoms with E-state index < -0.39 is 0 Å². The van der Waals surface area contributed by atoms with Crippen LogP contribution in [-0.2, 0) is 12.5 Å². The van der Waals surface area contributed by atoms with Crippen molar-refractivity contribution in [3.63, 3.8) is 0 Å². The van der Waals surface area contributed by atoms with Crippen LogP contribution in [0.5, 0.6) is 0 Å². The predicted molar refractivity (Wildman–Crippen MR) is 113 cm³/mol. The summed E-state index contributed by atoms with van der Waals surface area (Å²) < 4.78 is 14.8. The van der Waals surface area contributed by atoms with E-state index in [2.05, 4.69) is 10.3 Å². The molecule has 1 amide bonds. The highest BCUT2D eigenvalue weighted by atomic mass is 32.1. The molecule has 0 unspecified atom stereocenters. The minimum Gasteiger partial charge on any atom is -0.350 e. The number of carbonyl (C=O) groups excluding carboxylic acids is 1. The third kappa shape index (κ3) is 3.59. The van der Waals surface area contributed by atoms with Gasteiger partial charge in [0.15, 0.2) is 0 Å². The van der Waals surface area contributed by atoms with E-state index >= 15 is 0 Å². The van der Waals surface area contributed by atoms with Crippen molar-refractivity contribution in [3.05, 3.63) is 62.8 Å². The monoisotopic (exact) mass is 413 g/mol. The molecule has 2 aromatic heterocycles. The van der Waals surface area contributed by atoms with Gasteiger partial charge in [0.25, 0.3) is 11.5 Å². The Morgan fingerprint density at radius 1 is 1.24 bits per heavy atom. The summed E-state index contributed by atoms with van der Waals surface area (Å²) in [6, 6.07) is 6.66. The Kier molecular flexibility index (Phi) is 5.25. The van der Waals surface area contributed by atoms with Crippen LogP contribution in [0.15, 0.2) is 35.4 Å². The summed E-state index contributed by atoms with van der Waals surface area (Å²) in [6.07, 6.45) is 6.78. The zero-order valence-corrected chi connectivity index (χ0v) is 17.4. The molecule has 1 saturated carbocycles. The van der Waals surface area contributed by atoms with Gasteiger partial charge in [-0.3, -0.25) is 9.59 Å². The highest BCUT2D eigenvalue weighted by molar-refractivity contribution is 7.20. The number of nitrogens with zero attached hydrogens (tertiary/aromatic N) is 2. The van der Waals surface area contributed by atoms with E-state index in [0.29, 0.717) is 27.2 Å². The largest absolute Gasteiger partial charge is 0.350 e. The fraction of sp³-hybridized carbons (Fsp3) is 0.409.